The first-order valence-electron chi connectivity index (χ1n) is 7.03. The molecule has 0 unspecified atom stereocenters. The Morgan fingerprint density at radius 1 is 1.10 bits per heavy atom. The molecule has 0 N–H and O–H groups in total. The zero-order chi connectivity index (χ0) is 15.1. The molecule has 0 aliphatic carbocycles. The molecule has 0 radical (unpaired) electrons. The van der Waals surface area contributed by atoms with Crippen molar-refractivity contribution in [1.82, 2.24) is 9.80 Å². The molecule has 1 fully saturated rings. The maximum Gasteiger partial charge on any atom is 0.253 e. The van der Waals surface area contributed by atoms with Gasteiger partial charge in [-0.1, -0.05) is 24.3 Å². The van der Waals surface area contributed by atoms with E-state index >= 15 is 0 Å². The maximum absolute atomic E-state index is 12.3. The number of hydrogen-bond donors (Lipinski definition) is 0. The van der Waals surface area contributed by atoms with Crippen molar-refractivity contribution in [2.45, 2.75) is 0 Å². The van der Waals surface area contributed by atoms with Crippen LogP contribution in [-0.4, -0.2) is 59.3 Å². The van der Waals surface area contributed by atoms with Gasteiger partial charge in [0.05, 0.1) is 5.75 Å². The zero-order valence-corrected chi connectivity index (χ0v) is 12.8. The Labute approximate surface area is 129 Å². The van der Waals surface area contributed by atoms with E-state index in [1.54, 1.807) is 17.8 Å². The molecule has 0 aromatic heterocycles. The summed E-state index contributed by atoms with van der Waals surface area (Å²) < 4.78 is 0. The van der Waals surface area contributed by atoms with Crippen molar-refractivity contribution in [1.29, 1.82) is 0 Å². The highest BCUT2D eigenvalue weighted by atomic mass is 32.2. The van der Waals surface area contributed by atoms with Gasteiger partial charge in [-0.2, -0.15) is 0 Å². The first-order chi connectivity index (χ1) is 10.2. The fraction of sp³-hybridized carbons (Fsp3) is 0.375. The standard InChI is InChI=1S/C16H20N2O2S/c1-2-12-21-13-15(19)17-8-10-18(11-9-17)16(20)14-6-4-3-5-7-14/h2-7H,1,8-13H2. The summed E-state index contributed by atoms with van der Waals surface area (Å²) in [5.41, 5.74) is 0.707. The third-order valence-electron chi connectivity index (χ3n) is 3.40. The number of hydrogen-bond acceptors (Lipinski definition) is 3. The molecule has 2 amide bonds. The Morgan fingerprint density at radius 3 is 2.33 bits per heavy atom. The van der Waals surface area contributed by atoms with Crippen LogP contribution in [0.5, 0.6) is 0 Å². The van der Waals surface area contributed by atoms with E-state index in [1.165, 1.54) is 0 Å². The van der Waals surface area contributed by atoms with Crippen molar-refractivity contribution >= 4 is 23.6 Å². The molecule has 5 heteroatoms. The Kier molecular flexibility index (Phi) is 5.87. The number of carbonyl (C=O) groups excluding carboxylic acids is 2. The lowest BCUT2D eigenvalue weighted by Crippen LogP contribution is -2.51. The number of thioether (sulfide) groups is 1. The van der Waals surface area contributed by atoms with Gasteiger partial charge in [0.1, 0.15) is 0 Å². The largest absolute Gasteiger partial charge is 0.338 e. The van der Waals surface area contributed by atoms with Crippen LogP contribution in [0.2, 0.25) is 0 Å². The summed E-state index contributed by atoms with van der Waals surface area (Å²) in [4.78, 5) is 27.9. The minimum absolute atomic E-state index is 0.0451. The minimum Gasteiger partial charge on any atom is -0.338 e. The molecule has 0 saturated carbocycles. The van der Waals surface area contributed by atoms with Gasteiger partial charge in [0.2, 0.25) is 5.91 Å². The van der Waals surface area contributed by atoms with E-state index in [1.807, 2.05) is 40.1 Å². The van der Waals surface area contributed by atoms with E-state index in [4.69, 9.17) is 0 Å². The van der Waals surface area contributed by atoms with Gasteiger partial charge in [0.15, 0.2) is 0 Å². The molecule has 112 valence electrons. The van der Waals surface area contributed by atoms with Gasteiger partial charge in [-0.05, 0) is 12.1 Å². The van der Waals surface area contributed by atoms with Crippen LogP contribution in [0, 0.1) is 0 Å². The lowest BCUT2D eigenvalue weighted by Gasteiger charge is -2.34. The third kappa shape index (κ3) is 4.36. The van der Waals surface area contributed by atoms with Gasteiger partial charge in [0.25, 0.3) is 5.91 Å². The van der Waals surface area contributed by atoms with Crippen LogP contribution >= 0.6 is 11.8 Å². The van der Waals surface area contributed by atoms with Gasteiger partial charge < -0.3 is 9.80 Å². The highest BCUT2D eigenvalue weighted by Crippen LogP contribution is 2.10. The highest BCUT2D eigenvalue weighted by Gasteiger charge is 2.24. The summed E-state index contributed by atoms with van der Waals surface area (Å²) >= 11 is 1.57. The molecular formula is C16H20N2O2S. The normalized spacial score (nSPS) is 14.9. The molecule has 1 saturated heterocycles. The zero-order valence-electron chi connectivity index (χ0n) is 12.0. The number of rotatable bonds is 5. The van der Waals surface area contributed by atoms with E-state index in [0.29, 0.717) is 37.5 Å². The second-order valence-corrected chi connectivity index (χ2v) is 5.87. The minimum atomic E-state index is 0.0451. The summed E-state index contributed by atoms with van der Waals surface area (Å²) in [6, 6.07) is 9.28. The van der Waals surface area contributed by atoms with E-state index in [9.17, 15) is 9.59 Å². The number of carbonyl (C=O) groups is 2. The second-order valence-electron chi connectivity index (χ2n) is 4.84. The molecule has 0 atom stereocenters. The summed E-state index contributed by atoms with van der Waals surface area (Å²) in [7, 11) is 0. The topological polar surface area (TPSA) is 40.6 Å². The van der Waals surface area contributed by atoms with Crippen molar-refractivity contribution in [3.63, 3.8) is 0 Å². The average Bonchev–Trinajstić information content (AvgIpc) is 2.55. The van der Waals surface area contributed by atoms with Crippen molar-refractivity contribution < 1.29 is 9.59 Å². The van der Waals surface area contributed by atoms with E-state index in [0.717, 1.165) is 5.75 Å². The molecule has 0 bridgehead atoms. The summed E-state index contributed by atoms with van der Waals surface area (Å²) in [5.74, 6) is 1.47. The quantitative estimate of drug-likeness (QED) is 0.616. The number of nitrogens with zero attached hydrogens (tertiary/aromatic N) is 2. The van der Waals surface area contributed by atoms with E-state index < -0.39 is 0 Å². The average molecular weight is 304 g/mol. The molecular weight excluding hydrogens is 284 g/mol. The smallest absolute Gasteiger partial charge is 0.253 e. The molecule has 1 aromatic carbocycles. The lowest BCUT2D eigenvalue weighted by molar-refractivity contribution is -0.129. The monoisotopic (exact) mass is 304 g/mol. The van der Waals surface area contributed by atoms with Crippen molar-refractivity contribution in [2.75, 3.05) is 37.7 Å². The highest BCUT2D eigenvalue weighted by molar-refractivity contribution is 8.00. The van der Waals surface area contributed by atoms with Crippen LogP contribution in [-0.2, 0) is 4.79 Å². The molecule has 1 heterocycles. The van der Waals surface area contributed by atoms with Crippen molar-refractivity contribution in [3.8, 4) is 0 Å². The van der Waals surface area contributed by atoms with Crippen molar-refractivity contribution in [3.05, 3.63) is 48.6 Å². The summed E-state index contributed by atoms with van der Waals surface area (Å²) in [6.45, 7) is 6.08. The summed E-state index contributed by atoms with van der Waals surface area (Å²) in [5, 5.41) is 0. The Balaban J connectivity index is 1.81. The molecule has 4 nitrogen and oxygen atoms in total. The van der Waals surface area contributed by atoms with Gasteiger partial charge in [-0.25, -0.2) is 0 Å². The fourth-order valence-electron chi connectivity index (χ4n) is 2.24. The molecule has 0 spiro atoms. The Morgan fingerprint density at radius 2 is 1.71 bits per heavy atom. The van der Waals surface area contributed by atoms with E-state index in [-0.39, 0.29) is 11.8 Å². The second kappa shape index (κ2) is 7.88. The molecule has 1 aliphatic heterocycles. The number of piperazine rings is 1. The van der Waals surface area contributed by atoms with Crippen LogP contribution < -0.4 is 0 Å². The van der Waals surface area contributed by atoms with Gasteiger partial charge in [-0.15, -0.1) is 18.3 Å². The number of benzene rings is 1. The predicted molar refractivity (Wildman–Crippen MR) is 86.4 cm³/mol. The Hall–Kier alpha value is -1.75. The van der Waals surface area contributed by atoms with Crippen LogP contribution in [0.4, 0.5) is 0 Å². The van der Waals surface area contributed by atoms with Gasteiger partial charge in [-0.3, -0.25) is 9.59 Å². The molecule has 2 rings (SSSR count). The van der Waals surface area contributed by atoms with Crippen LogP contribution in [0.25, 0.3) is 0 Å². The maximum atomic E-state index is 12.3. The molecule has 21 heavy (non-hydrogen) atoms. The Bertz CT molecular complexity index is 496. The first-order valence-corrected chi connectivity index (χ1v) is 8.18. The fourth-order valence-corrected chi connectivity index (χ4v) is 2.88. The first kappa shape index (κ1) is 15.6. The van der Waals surface area contributed by atoms with Crippen LogP contribution in [0.1, 0.15) is 10.4 Å². The molecule has 1 aliphatic rings. The van der Waals surface area contributed by atoms with Crippen molar-refractivity contribution in [2.24, 2.45) is 0 Å². The predicted octanol–water partition coefficient (Wildman–Crippen LogP) is 1.89. The SMILES string of the molecule is C=CCSCC(=O)N1CCN(C(=O)c2ccccc2)CC1. The van der Waals surface area contributed by atoms with Gasteiger partial charge >= 0.3 is 0 Å². The number of amides is 2. The lowest BCUT2D eigenvalue weighted by atomic mass is 10.2. The van der Waals surface area contributed by atoms with Crippen LogP contribution in [0.15, 0.2) is 43.0 Å². The summed E-state index contributed by atoms with van der Waals surface area (Å²) in [6.07, 6.45) is 1.80. The van der Waals surface area contributed by atoms with Crippen LogP contribution in [0.3, 0.4) is 0 Å². The van der Waals surface area contributed by atoms with E-state index in [2.05, 4.69) is 6.58 Å². The molecule has 1 aromatic rings. The van der Waals surface area contributed by atoms with Gasteiger partial charge in [0, 0.05) is 37.5 Å². The third-order valence-corrected chi connectivity index (χ3v) is 4.32.